The van der Waals surface area contributed by atoms with Gasteiger partial charge in [-0.25, -0.2) is 14.6 Å². The smallest absolute Gasteiger partial charge is 0.405 e. The van der Waals surface area contributed by atoms with E-state index in [2.05, 4.69) is 20.9 Å². The van der Waals surface area contributed by atoms with Crippen molar-refractivity contribution in [1.82, 2.24) is 30.7 Å². The summed E-state index contributed by atoms with van der Waals surface area (Å²) in [5, 5.41) is 30.3. The van der Waals surface area contributed by atoms with E-state index >= 15 is 0 Å². The predicted molar refractivity (Wildman–Crippen MR) is 231 cm³/mol. The molecule has 60 heavy (non-hydrogen) atoms. The van der Waals surface area contributed by atoms with Gasteiger partial charge in [0.05, 0.1) is 24.9 Å². The second-order valence-electron chi connectivity index (χ2n) is 17.7. The van der Waals surface area contributed by atoms with E-state index in [0.29, 0.717) is 37.6 Å². The number of rotatable bonds is 17. The number of methoxy groups -OCH3 is 1. The minimum atomic E-state index is -1.34. The molecule has 1 aliphatic heterocycles. The molecule has 320 valence electrons. The number of hydrogen-bond acceptors (Lipinski definition) is 7. The number of benzene rings is 3. The number of urea groups is 1. The van der Waals surface area contributed by atoms with Crippen LogP contribution in [0.1, 0.15) is 64.7 Å². The highest BCUT2D eigenvalue weighted by Crippen LogP contribution is 2.30. The lowest BCUT2D eigenvalue weighted by atomic mass is 9.84. The molecular weight excluding hydrogens is 761 g/mol. The highest BCUT2D eigenvalue weighted by atomic mass is 16.5. The molecule has 13 heteroatoms. The Kier molecular flexibility index (Phi) is 14.9. The summed E-state index contributed by atoms with van der Waals surface area (Å²) in [4.78, 5) is 62.1. The Hall–Kier alpha value is -5.95. The lowest BCUT2D eigenvalue weighted by molar-refractivity contribution is -0.130. The number of aliphatic hydroxyl groups is 1. The average Bonchev–Trinajstić information content (AvgIpc) is 3.54. The number of carbonyl (C=O) groups excluding carboxylic acids is 3. The van der Waals surface area contributed by atoms with Crippen LogP contribution in [0.15, 0.2) is 103 Å². The van der Waals surface area contributed by atoms with Crippen molar-refractivity contribution >= 4 is 23.9 Å². The summed E-state index contributed by atoms with van der Waals surface area (Å²) in [6.45, 7) is 12.4. The largest absolute Gasteiger partial charge is 0.481 e. The number of carboxylic acid groups (broad SMARTS) is 1. The lowest BCUT2D eigenvalue weighted by Gasteiger charge is -2.38. The van der Waals surface area contributed by atoms with Crippen molar-refractivity contribution in [2.24, 2.45) is 10.8 Å². The van der Waals surface area contributed by atoms with Gasteiger partial charge in [0.15, 0.2) is 0 Å². The van der Waals surface area contributed by atoms with Crippen LogP contribution in [0.4, 0.5) is 9.59 Å². The van der Waals surface area contributed by atoms with Crippen molar-refractivity contribution < 1.29 is 34.1 Å². The second kappa shape index (κ2) is 19.9. The van der Waals surface area contributed by atoms with Gasteiger partial charge < -0.3 is 40.7 Å². The molecule has 1 fully saturated rings. The van der Waals surface area contributed by atoms with Crippen molar-refractivity contribution in [2.75, 3.05) is 20.2 Å². The summed E-state index contributed by atoms with van der Waals surface area (Å²) >= 11 is 0. The Labute approximate surface area is 353 Å². The number of pyridine rings is 1. The fourth-order valence-corrected chi connectivity index (χ4v) is 7.72. The highest BCUT2D eigenvalue weighted by Gasteiger charge is 2.44. The zero-order valence-electron chi connectivity index (χ0n) is 35.7. The topological polar surface area (TPSA) is 173 Å². The number of nitrogens with zero attached hydrogens (tertiary/aromatic N) is 3. The van der Waals surface area contributed by atoms with Gasteiger partial charge >= 0.3 is 12.1 Å². The molecule has 0 radical (unpaired) electrons. The Morgan fingerprint density at radius 1 is 0.733 bits per heavy atom. The zero-order chi connectivity index (χ0) is 43.6. The van der Waals surface area contributed by atoms with Crippen molar-refractivity contribution in [1.29, 1.82) is 0 Å². The molecular formula is C47H60N6O7. The minimum Gasteiger partial charge on any atom is -0.481 e. The van der Waals surface area contributed by atoms with E-state index in [-0.39, 0.29) is 24.8 Å². The maximum atomic E-state index is 14.5. The molecule has 2 heterocycles. The number of aliphatic hydroxyl groups excluding tert-OH is 1. The van der Waals surface area contributed by atoms with Gasteiger partial charge in [-0.15, -0.1) is 0 Å². The van der Waals surface area contributed by atoms with Gasteiger partial charge in [-0.3, -0.25) is 9.59 Å². The summed E-state index contributed by atoms with van der Waals surface area (Å²) in [6, 6.07) is 28.8. The van der Waals surface area contributed by atoms with Crippen LogP contribution in [-0.4, -0.2) is 99.4 Å². The Morgan fingerprint density at radius 3 is 1.93 bits per heavy atom. The lowest BCUT2D eigenvalue weighted by Crippen LogP contribution is -2.59. The molecule has 5 N–H and O–H groups in total. The third kappa shape index (κ3) is 12.3. The molecule has 0 spiro atoms. The van der Waals surface area contributed by atoms with Crippen LogP contribution < -0.4 is 20.7 Å². The minimum absolute atomic E-state index is 0.0366. The van der Waals surface area contributed by atoms with Crippen LogP contribution >= 0.6 is 0 Å². The standard InChI is InChI=1S/C47H60N6O7/c1-46(2,3)40(51-44(57)58)42(55)50-37(28-32-21-23-34(24-22-32)36-19-14-20-39(49-36)60-7)38(54)29-35(27-31-15-10-8-11-16-31)48-43(56)41(47(4,5)6)53-26-25-52(45(53)59)30-33-17-12-9-13-18-33/h8-24,35,37-38,40-41,51,54H,25-30H2,1-7H3,(H,48,56)(H,50,55)(H,57,58)/t35-,37-,38-,40+,41+/m0/s1. The first kappa shape index (κ1) is 45.1. The van der Waals surface area contributed by atoms with Gasteiger partial charge in [0.1, 0.15) is 12.1 Å². The van der Waals surface area contributed by atoms with Gasteiger partial charge in [0.2, 0.25) is 17.7 Å². The molecule has 0 saturated carbocycles. The van der Waals surface area contributed by atoms with Gasteiger partial charge in [-0.2, -0.15) is 0 Å². The van der Waals surface area contributed by atoms with Gasteiger partial charge in [0.25, 0.3) is 0 Å². The summed E-state index contributed by atoms with van der Waals surface area (Å²) in [7, 11) is 1.55. The van der Waals surface area contributed by atoms with Crippen molar-refractivity contribution in [2.45, 2.75) is 97.6 Å². The first-order valence-electron chi connectivity index (χ1n) is 20.4. The number of ether oxygens (including phenoxy) is 1. The fourth-order valence-electron chi connectivity index (χ4n) is 7.72. The average molecular weight is 821 g/mol. The summed E-state index contributed by atoms with van der Waals surface area (Å²) in [5.74, 6) is -0.449. The SMILES string of the molecule is COc1cccc(-c2ccc(C[C@H](NC(=O)[C@@H](NC(=O)O)C(C)(C)C)[C@@H](O)C[C@H](Cc3ccccc3)NC(=O)[C@@H](N3CCN(Cc4ccccc4)C3=O)C(C)(C)C)cc2)n1. The summed E-state index contributed by atoms with van der Waals surface area (Å²) in [5.41, 5.74) is 2.85. The van der Waals surface area contributed by atoms with E-state index in [1.807, 2.05) is 118 Å². The van der Waals surface area contributed by atoms with E-state index in [1.54, 1.807) is 43.7 Å². The van der Waals surface area contributed by atoms with E-state index in [4.69, 9.17) is 4.74 Å². The van der Waals surface area contributed by atoms with Crippen LogP contribution in [0, 0.1) is 10.8 Å². The molecule has 5 amide bonds. The maximum Gasteiger partial charge on any atom is 0.405 e. The molecule has 0 unspecified atom stereocenters. The van der Waals surface area contributed by atoms with Crippen LogP contribution in [0.3, 0.4) is 0 Å². The predicted octanol–water partition coefficient (Wildman–Crippen LogP) is 6.30. The number of nitrogens with one attached hydrogen (secondary N) is 3. The van der Waals surface area contributed by atoms with Gasteiger partial charge in [-0.05, 0) is 52.8 Å². The van der Waals surface area contributed by atoms with Crippen molar-refractivity contribution in [3.8, 4) is 17.1 Å². The van der Waals surface area contributed by atoms with Crippen molar-refractivity contribution in [3.63, 3.8) is 0 Å². The zero-order valence-corrected chi connectivity index (χ0v) is 35.7. The first-order chi connectivity index (χ1) is 28.4. The fraction of sp³-hybridized carbons (Fsp3) is 0.426. The Bertz CT molecular complexity index is 2050. The highest BCUT2D eigenvalue weighted by molar-refractivity contribution is 5.89. The van der Waals surface area contributed by atoms with Crippen LogP contribution in [0.5, 0.6) is 5.88 Å². The number of amides is 5. The maximum absolute atomic E-state index is 14.5. The normalized spacial score (nSPS) is 15.7. The van der Waals surface area contributed by atoms with Crippen LogP contribution in [-0.2, 0) is 29.0 Å². The van der Waals surface area contributed by atoms with Gasteiger partial charge in [0, 0.05) is 37.3 Å². The summed E-state index contributed by atoms with van der Waals surface area (Å²) in [6.07, 6.45) is -1.95. The van der Waals surface area contributed by atoms with E-state index in [9.17, 15) is 29.4 Å². The monoisotopic (exact) mass is 820 g/mol. The third-order valence-corrected chi connectivity index (χ3v) is 10.7. The molecule has 1 aliphatic rings. The van der Waals surface area contributed by atoms with E-state index in [0.717, 1.165) is 22.3 Å². The molecule has 0 aliphatic carbocycles. The molecule has 1 aromatic heterocycles. The molecule has 5 atom stereocenters. The Balaban J connectivity index is 1.42. The molecule has 13 nitrogen and oxygen atoms in total. The van der Waals surface area contributed by atoms with Gasteiger partial charge in [-0.1, -0.05) is 133 Å². The second-order valence-corrected chi connectivity index (χ2v) is 17.7. The van der Waals surface area contributed by atoms with Crippen LogP contribution in [0.25, 0.3) is 11.3 Å². The summed E-state index contributed by atoms with van der Waals surface area (Å²) < 4.78 is 5.29. The number of carbonyl (C=O) groups is 4. The molecule has 0 bridgehead atoms. The molecule has 3 aromatic carbocycles. The molecule has 5 rings (SSSR count). The van der Waals surface area contributed by atoms with E-state index < -0.39 is 53.1 Å². The molecule has 4 aromatic rings. The number of hydrogen-bond donors (Lipinski definition) is 5. The molecule has 1 saturated heterocycles. The first-order valence-corrected chi connectivity index (χ1v) is 20.4. The van der Waals surface area contributed by atoms with Crippen LogP contribution in [0.2, 0.25) is 0 Å². The van der Waals surface area contributed by atoms with Crippen molar-refractivity contribution in [3.05, 3.63) is 120 Å². The quantitative estimate of drug-likeness (QED) is 0.0826. The Morgan fingerprint density at radius 2 is 1.35 bits per heavy atom. The van der Waals surface area contributed by atoms with E-state index in [1.165, 1.54) is 0 Å². The number of aromatic nitrogens is 1. The third-order valence-electron chi connectivity index (χ3n) is 10.7.